The number of methoxy groups -OCH3 is 1. The summed E-state index contributed by atoms with van der Waals surface area (Å²) in [7, 11) is 1.32. The highest BCUT2D eigenvalue weighted by Crippen LogP contribution is 2.24. The predicted molar refractivity (Wildman–Crippen MR) is 90.5 cm³/mol. The van der Waals surface area contributed by atoms with Crippen molar-refractivity contribution in [3.8, 4) is 0 Å². The molecule has 4 nitrogen and oxygen atoms in total. The Balaban J connectivity index is 1.98. The first-order valence-corrected chi connectivity index (χ1v) is 7.77. The van der Waals surface area contributed by atoms with Crippen molar-refractivity contribution in [3.63, 3.8) is 0 Å². The highest BCUT2D eigenvalue weighted by atomic mass is 19.1. The Bertz CT molecular complexity index is 696. The lowest BCUT2D eigenvalue weighted by Gasteiger charge is -2.15. The van der Waals surface area contributed by atoms with Crippen LogP contribution >= 0.6 is 0 Å². The quantitative estimate of drug-likeness (QED) is 0.811. The zero-order valence-corrected chi connectivity index (χ0v) is 13.7. The number of esters is 1. The summed E-state index contributed by atoms with van der Waals surface area (Å²) in [6.07, 6.45) is 1.08. The van der Waals surface area contributed by atoms with E-state index < -0.39 is 5.97 Å². The number of amides is 1. The van der Waals surface area contributed by atoms with E-state index in [2.05, 4.69) is 10.1 Å². The summed E-state index contributed by atoms with van der Waals surface area (Å²) in [5, 5.41) is 2.81. The van der Waals surface area contributed by atoms with Crippen LogP contribution in [0, 0.1) is 5.82 Å². The lowest BCUT2D eigenvalue weighted by atomic mass is 9.93. The molecule has 0 saturated heterocycles. The maximum atomic E-state index is 13.0. The third-order valence-electron chi connectivity index (χ3n) is 3.86. The predicted octanol–water partition coefficient (Wildman–Crippen LogP) is 4.13. The van der Waals surface area contributed by atoms with Crippen LogP contribution in [0.4, 0.5) is 10.1 Å². The highest BCUT2D eigenvalue weighted by molar-refractivity contribution is 5.93. The number of hydrogen-bond acceptors (Lipinski definition) is 3. The van der Waals surface area contributed by atoms with Gasteiger partial charge in [0.25, 0.3) is 0 Å². The number of ether oxygens (including phenoxy) is 1. The molecule has 126 valence electrons. The average Bonchev–Trinajstić information content (AvgIpc) is 2.60. The van der Waals surface area contributed by atoms with Gasteiger partial charge in [0.15, 0.2) is 0 Å². The van der Waals surface area contributed by atoms with Gasteiger partial charge in [0, 0.05) is 12.1 Å². The third-order valence-corrected chi connectivity index (χ3v) is 3.86. The van der Waals surface area contributed by atoms with E-state index in [1.54, 1.807) is 36.4 Å². The van der Waals surface area contributed by atoms with Crippen LogP contribution in [0.2, 0.25) is 0 Å². The summed E-state index contributed by atoms with van der Waals surface area (Å²) in [6.45, 7) is 1.99. The molecule has 24 heavy (non-hydrogen) atoms. The second-order valence-electron chi connectivity index (χ2n) is 5.48. The van der Waals surface area contributed by atoms with Crippen LogP contribution in [0.1, 0.15) is 41.6 Å². The van der Waals surface area contributed by atoms with Crippen LogP contribution in [0.3, 0.4) is 0 Å². The van der Waals surface area contributed by atoms with Crippen LogP contribution in [-0.4, -0.2) is 19.0 Å². The second-order valence-corrected chi connectivity index (χ2v) is 5.48. The van der Waals surface area contributed by atoms with Gasteiger partial charge in [-0.05, 0) is 54.3 Å². The molecule has 0 radical (unpaired) electrons. The van der Waals surface area contributed by atoms with Crippen molar-refractivity contribution in [1.29, 1.82) is 0 Å². The van der Waals surface area contributed by atoms with Crippen molar-refractivity contribution in [2.75, 3.05) is 12.4 Å². The molecule has 5 heteroatoms. The molecule has 1 N–H and O–H groups in total. The first kappa shape index (κ1) is 17.7. The van der Waals surface area contributed by atoms with Crippen LogP contribution < -0.4 is 5.32 Å². The van der Waals surface area contributed by atoms with Gasteiger partial charge in [-0.2, -0.15) is 0 Å². The number of hydrogen-bond donors (Lipinski definition) is 1. The molecule has 0 bridgehead atoms. The molecule has 0 fully saturated rings. The van der Waals surface area contributed by atoms with Gasteiger partial charge in [0.05, 0.1) is 12.7 Å². The summed E-state index contributed by atoms with van der Waals surface area (Å²) < 4.78 is 17.6. The highest BCUT2D eigenvalue weighted by Gasteiger charge is 2.15. The summed E-state index contributed by atoms with van der Waals surface area (Å²) in [4.78, 5) is 23.6. The minimum absolute atomic E-state index is 0.0277. The van der Waals surface area contributed by atoms with Crippen molar-refractivity contribution in [1.82, 2.24) is 0 Å². The molecular formula is C19H20FNO3. The summed E-state index contributed by atoms with van der Waals surface area (Å²) in [6, 6.07) is 12.7. The molecule has 1 atom stereocenters. The standard InChI is InChI=1S/C19H20FNO3/c1-3-13(14-4-8-16(20)9-5-14)12-18(22)21-17-10-6-15(7-11-17)19(23)24-2/h4-11,13H,3,12H2,1-2H3,(H,21,22). The maximum absolute atomic E-state index is 13.0. The molecule has 0 saturated carbocycles. The van der Waals surface area contributed by atoms with Crippen molar-refractivity contribution < 1.29 is 18.7 Å². The maximum Gasteiger partial charge on any atom is 0.337 e. The fourth-order valence-corrected chi connectivity index (χ4v) is 2.48. The Kier molecular flexibility index (Phi) is 6.07. The Morgan fingerprint density at radius 3 is 2.25 bits per heavy atom. The molecule has 0 aromatic heterocycles. The largest absolute Gasteiger partial charge is 0.465 e. The number of anilines is 1. The lowest BCUT2D eigenvalue weighted by Crippen LogP contribution is -2.15. The van der Waals surface area contributed by atoms with Gasteiger partial charge in [0.1, 0.15) is 5.82 Å². The molecule has 2 aromatic carbocycles. The zero-order chi connectivity index (χ0) is 17.5. The van der Waals surface area contributed by atoms with Gasteiger partial charge in [-0.25, -0.2) is 9.18 Å². The SMILES string of the molecule is CCC(CC(=O)Nc1ccc(C(=O)OC)cc1)c1ccc(F)cc1. The molecule has 0 heterocycles. The smallest absolute Gasteiger partial charge is 0.337 e. The van der Waals surface area contributed by atoms with Gasteiger partial charge in [-0.15, -0.1) is 0 Å². The second kappa shape index (κ2) is 8.24. The lowest BCUT2D eigenvalue weighted by molar-refractivity contribution is -0.116. The van der Waals surface area contributed by atoms with Crippen molar-refractivity contribution in [2.24, 2.45) is 0 Å². The summed E-state index contributed by atoms with van der Waals surface area (Å²) in [5.41, 5.74) is 1.98. The number of nitrogens with one attached hydrogen (secondary N) is 1. The zero-order valence-electron chi connectivity index (χ0n) is 13.7. The van der Waals surface area contributed by atoms with Gasteiger partial charge in [0.2, 0.25) is 5.91 Å². The van der Waals surface area contributed by atoms with E-state index in [-0.39, 0.29) is 17.6 Å². The minimum Gasteiger partial charge on any atom is -0.465 e. The van der Waals surface area contributed by atoms with E-state index in [4.69, 9.17) is 0 Å². The van der Waals surface area contributed by atoms with E-state index in [1.807, 2.05) is 6.92 Å². The molecule has 0 aliphatic rings. The Morgan fingerprint density at radius 2 is 1.71 bits per heavy atom. The first-order chi connectivity index (χ1) is 11.5. The van der Waals surface area contributed by atoms with E-state index in [9.17, 15) is 14.0 Å². The van der Waals surface area contributed by atoms with Crippen molar-refractivity contribution in [3.05, 3.63) is 65.5 Å². The van der Waals surface area contributed by atoms with E-state index in [1.165, 1.54) is 19.2 Å². The molecular weight excluding hydrogens is 309 g/mol. The average molecular weight is 329 g/mol. The van der Waals surface area contributed by atoms with Gasteiger partial charge in [-0.3, -0.25) is 4.79 Å². The molecule has 0 aliphatic heterocycles. The van der Waals surface area contributed by atoms with E-state index in [0.29, 0.717) is 17.7 Å². The number of carbonyl (C=O) groups is 2. The van der Waals surface area contributed by atoms with Crippen LogP contribution in [-0.2, 0) is 9.53 Å². The minimum atomic E-state index is -0.421. The van der Waals surface area contributed by atoms with Crippen LogP contribution in [0.5, 0.6) is 0 Å². The third kappa shape index (κ3) is 4.65. The van der Waals surface area contributed by atoms with Gasteiger partial charge < -0.3 is 10.1 Å². The Labute approximate surface area is 140 Å². The Morgan fingerprint density at radius 1 is 1.08 bits per heavy atom. The van der Waals surface area contributed by atoms with Gasteiger partial charge in [-0.1, -0.05) is 19.1 Å². The van der Waals surface area contributed by atoms with Crippen LogP contribution in [0.15, 0.2) is 48.5 Å². The fraction of sp³-hybridized carbons (Fsp3) is 0.263. The van der Waals surface area contributed by atoms with Gasteiger partial charge >= 0.3 is 5.97 Å². The summed E-state index contributed by atoms with van der Waals surface area (Å²) in [5.74, 6) is -0.809. The first-order valence-electron chi connectivity index (χ1n) is 7.77. The van der Waals surface area contributed by atoms with Crippen LogP contribution in [0.25, 0.3) is 0 Å². The number of halogens is 1. The van der Waals surface area contributed by atoms with E-state index >= 15 is 0 Å². The van der Waals surface area contributed by atoms with Crippen molar-refractivity contribution in [2.45, 2.75) is 25.7 Å². The number of rotatable bonds is 6. The molecule has 0 aliphatic carbocycles. The normalized spacial score (nSPS) is 11.6. The Hall–Kier alpha value is -2.69. The molecule has 0 spiro atoms. The summed E-state index contributed by atoms with van der Waals surface area (Å²) >= 11 is 0. The molecule has 2 aromatic rings. The van der Waals surface area contributed by atoms with E-state index in [0.717, 1.165) is 12.0 Å². The van der Waals surface area contributed by atoms with Crippen molar-refractivity contribution >= 4 is 17.6 Å². The fourth-order valence-electron chi connectivity index (χ4n) is 2.48. The number of carbonyl (C=O) groups excluding carboxylic acids is 2. The monoisotopic (exact) mass is 329 g/mol. The number of benzene rings is 2. The molecule has 2 rings (SSSR count). The topological polar surface area (TPSA) is 55.4 Å². The molecule has 1 unspecified atom stereocenters. The molecule has 1 amide bonds.